The predicted molar refractivity (Wildman–Crippen MR) is 81.7 cm³/mol. The van der Waals surface area contributed by atoms with E-state index in [1.165, 1.54) is 6.42 Å². The molecule has 20 heavy (non-hydrogen) atoms. The molecule has 2 fully saturated rings. The van der Waals surface area contributed by atoms with Crippen LogP contribution in [-0.2, 0) is 4.79 Å². The zero-order chi connectivity index (χ0) is 13.9. The van der Waals surface area contributed by atoms with Crippen LogP contribution in [0.3, 0.4) is 0 Å². The van der Waals surface area contributed by atoms with Crippen molar-refractivity contribution in [2.45, 2.75) is 38.2 Å². The number of nitrogens with zero attached hydrogens (tertiary/aromatic N) is 1. The third-order valence-corrected chi connectivity index (χ3v) is 4.80. The third kappa shape index (κ3) is 3.17. The number of carbonyl (C=O) groups excluding carboxylic acids is 1. The van der Waals surface area contributed by atoms with E-state index in [-0.39, 0.29) is 6.10 Å². The average molecular weight is 338 g/mol. The topological polar surface area (TPSA) is 29.5 Å². The molecule has 1 heterocycles. The molecule has 2 aliphatic rings. The highest BCUT2D eigenvalue weighted by Gasteiger charge is 2.31. The lowest BCUT2D eigenvalue weighted by atomic mass is 9.84. The number of rotatable bonds is 3. The van der Waals surface area contributed by atoms with Crippen molar-refractivity contribution in [3.8, 4) is 5.75 Å². The SMILES string of the molecule is O=C(C1CCC1)N1CCC(Oc2cccc(Br)c2)CC1. The quantitative estimate of drug-likeness (QED) is 0.842. The number of ether oxygens (including phenoxy) is 1. The third-order valence-electron chi connectivity index (χ3n) is 4.31. The Balaban J connectivity index is 1.49. The van der Waals surface area contributed by atoms with Gasteiger partial charge in [-0.3, -0.25) is 4.79 Å². The van der Waals surface area contributed by atoms with Gasteiger partial charge < -0.3 is 9.64 Å². The predicted octanol–water partition coefficient (Wildman–Crippen LogP) is 3.62. The van der Waals surface area contributed by atoms with Gasteiger partial charge in [-0.2, -0.15) is 0 Å². The van der Waals surface area contributed by atoms with Crippen molar-refractivity contribution < 1.29 is 9.53 Å². The van der Waals surface area contributed by atoms with Crippen LogP contribution in [0.25, 0.3) is 0 Å². The summed E-state index contributed by atoms with van der Waals surface area (Å²) in [5, 5.41) is 0. The summed E-state index contributed by atoms with van der Waals surface area (Å²) in [7, 11) is 0. The van der Waals surface area contributed by atoms with Gasteiger partial charge in [-0.1, -0.05) is 28.4 Å². The molecule has 1 amide bonds. The molecule has 3 rings (SSSR count). The highest BCUT2D eigenvalue weighted by atomic mass is 79.9. The van der Waals surface area contributed by atoms with Gasteiger partial charge in [-0.25, -0.2) is 0 Å². The first-order valence-electron chi connectivity index (χ1n) is 7.43. The van der Waals surface area contributed by atoms with Gasteiger partial charge in [-0.15, -0.1) is 0 Å². The van der Waals surface area contributed by atoms with Crippen LogP contribution in [0.1, 0.15) is 32.1 Å². The number of hydrogen-bond donors (Lipinski definition) is 0. The van der Waals surface area contributed by atoms with Crippen molar-refractivity contribution in [3.63, 3.8) is 0 Å². The maximum atomic E-state index is 12.2. The summed E-state index contributed by atoms with van der Waals surface area (Å²) in [6.07, 6.45) is 5.50. The summed E-state index contributed by atoms with van der Waals surface area (Å²) in [6, 6.07) is 7.95. The van der Waals surface area contributed by atoms with Gasteiger partial charge in [0.25, 0.3) is 0 Å². The van der Waals surface area contributed by atoms with Crippen molar-refractivity contribution in [3.05, 3.63) is 28.7 Å². The van der Waals surface area contributed by atoms with E-state index >= 15 is 0 Å². The minimum Gasteiger partial charge on any atom is -0.490 e. The van der Waals surface area contributed by atoms with E-state index in [1.54, 1.807) is 0 Å². The molecular formula is C16H20BrNO2. The standard InChI is InChI=1S/C16H20BrNO2/c17-13-5-2-6-15(11-13)20-14-7-9-18(10-8-14)16(19)12-3-1-4-12/h2,5-6,11-12,14H,1,3-4,7-10H2. The Kier molecular flexibility index (Phi) is 4.29. The number of piperidine rings is 1. The normalized spacial score (nSPS) is 20.6. The van der Waals surface area contributed by atoms with E-state index in [4.69, 9.17) is 4.74 Å². The van der Waals surface area contributed by atoms with Crippen molar-refractivity contribution in [1.82, 2.24) is 4.90 Å². The van der Waals surface area contributed by atoms with E-state index in [2.05, 4.69) is 15.9 Å². The Morgan fingerprint density at radius 2 is 1.95 bits per heavy atom. The van der Waals surface area contributed by atoms with Crippen LogP contribution in [-0.4, -0.2) is 30.0 Å². The van der Waals surface area contributed by atoms with Gasteiger partial charge in [0.2, 0.25) is 5.91 Å². The highest BCUT2D eigenvalue weighted by Crippen LogP contribution is 2.30. The van der Waals surface area contributed by atoms with Crippen LogP contribution in [0.2, 0.25) is 0 Å². The Hall–Kier alpha value is -1.03. The van der Waals surface area contributed by atoms with Crippen LogP contribution < -0.4 is 4.74 Å². The number of carbonyl (C=O) groups is 1. The number of hydrogen-bond acceptors (Lipinski definition) is 2. The molecule has 3 nitrogen and oxygen atoms in total. The molecular weight excluding hydrogens is 318 g/mol. The maximum absolute atomic E-state index is 12.2. The minimum absolute atomic E-state index is 0.231. The Labute approximate surface area is 128 Å². The van der Waals surface area contributed by atoms with Crippen molar-refractivity contribution in [1.29, 1.82) is 0 Å². The molecule has 0 aromatic heterocycles. The smallest absolute Gasteiger partial charge is 0.225 e. The minimum atomic E-state index is 0.231. The van der Waals surface area contributed by atoms with E-state index in [0.717, 1.165) is 49.0 Å². The van der Waals surface area contributed by atoms with Gasteiger partial charge in [0, 0.05) is 36.3 Å². The van der Waals surface area contributed by atoms with Crippen LogP contribution in [0.15, 0.2) is 28.7 Å². The average Bonchev–Trinajstić information content (AvgIpc) is 2.37. The molecule has 1 saturated heterocycles. The lowest BCUT2D eigenvalue weighted by molar-refractivity contribution is -0.140. The number of halogens is 1. The Morgan fingerprint density at radius 1 is 1.20 bits per heavy atom. The first-order chi connectivity index (χ1) is 9.72. The number of amides is 1. The largest absolute Gasteiger partial charge is 0.490 e. The maximum Gasteiger partial charge on any atom is 0.225 e. The number of benzene rings is 1. The zero-order valence-corrected chi connectivity index (χ0v) is 13.1. The zero-order valence-electron chi connectivity index (χ0n) is 11.6. The Morgan fingerprint density at radius 3 is 2.55 bits per heavy atom. The molecule has 1 aliphatic heterocycles. The summed E-state index contributed by atoms with van der Waals surface area (Å²) in [5.41, 5.74) is 0. The summed E-state index contributed by atoms with van der Waals surface area (Å²) >= 11 is 3.45. The van der Waals surface area contributed by atoms with Gasteiger partial charge in [-0.05, 0) is 31.0 Å². The lowest BCUT2D eigenvalue weighted by Gasteiger charge is -2.36. The fourth-order valence-electron chi connectivity index (χ4n) is 2.84. The van der Waals surface area contributed by atoms with E-state index in [1.807, 2.05) is 29.2 Å². The fourth-order valence-corrected chi connectivity index (χ4v) is 3.22. The second kappa shape index (κ2) is 6.17. The van der Waals surface area contributed by atoms with E-state index in [9.17, 15) is 4.79 Å². The fraction of sp³-hybridized carbons (Fsp3) is 0.562. The van der Waals surface area contributed by atoms with Crippen LogP contribution >= 0.6 is 15.9 Å². The van der Waals surface area contributed by atoms with Crippen molar-refractivity contribution >= 4 is 21.8 Å². The number of likely N-dealkylation sites (tertiary alicyclic amines) is 1. The molecule has 0 unspecified atom stereocenters. The second-order valence-corrected chi connectivity index (χ2v) is 6.64. The van der Waals surface area contributed by atoms with Crippen LogP contribution in [0.5, 0.6) is 5.75 Å². The second-order valence-electron chi connectivity index (χ2n) is 5.73. The molecule has 1 saturated carbocycles. The lowest BCUT2D eigenvalue weighted by Crippen LogP contribution is -2.45. The molecule has 4 heteroatoms. The summed E-state index contributed by atoms with van der Waals surface area (Å²) in [5.74, 6) is 1.60. The summed E-state index contributed by atoms with van der Waals surface area (Å²) in [6.45, 7) is 1.68. The van der Waals surface area contributed by atoms with Crippen LogP contribution in [0.4, 0.5) is 0 Å². The van der Waals surface area contributed by atoms with Gasteiger partial charge in [0.1, 0.15) is 11.9 Å². The van der Waals surface area contributed by atoms with Crippen molar-refractivity contribution in [2.75, 3.05) is 13.1 Å². The van der Waals surface area contributed by atoms with Crippen molar-refractivity contribution in [2.24, 2.45) is 5.92 Å². The molecule has 1 aliphatic carbocycles. The monoisotopic (exact) mass is 337 g/mol. The van der Waals surface area contributed by atoms with Gasteiger partial charge >= 0.3 is 0 Å². The first-order valence-corrected chi connectivity index (χ1v) is 8.23. The Bertz CT molecular complexity index is 479. The van der Waals surface area contributed by atoms with E-state index in [0.29, 0.717) is 11.8 Å². The van der Waals surface area contributed by atoms with Gasteiger partial charge in [0.05, 0.1) is 0 Å². The molecule has 1 aromatic rings. The first kappa shape index (κ1) is 13.9. The molecule has 108 valence electrons. The molecule has 0 radical (unpaired) electrons. The highest BCUT2D eigenvalue weighted by molar-refractivity contribution is 9.10. The summed E-state index contributed by atoms with van der Waals surface area (Å²) in [4.78, 5) is 14.2. The molecule has 0 N–H and O–H groups in total. The summed E-state index contributed by atoms with van der Waals surface area (Å²) < 4.78 is 7.03. The van der Waals surface area contributed by atoms with Crippen LogP contribution in [0, 0.1) is 5.92 Å². The molecule has 1 aromatic carbocycles. The molecule has 0 atom stereocenters. The molecule has 0 bridgehead atoms. The van der Waals surface area contributed by atoms with Gasteiger partial charge in [0.15, 0.2) is 0 Å². The van der Waals surface area contributed by atoms with E-state index < -0.39 is 0 Å². The molecule has 0 spiro atoms.